The van der Waals surface area contributed by atoms with E-state index in [0.717, 1.165) is 12.8 Å². The minimum absolute atomic E-state index is 0. The molecule has 0 saturated heterocycles. The Bertz CT molecular complexity index is 465. The molecule has 5 nitrogen and oxygen atoms in total. The lowest BCUT2D eigenvalue weighted by atomic mass is 10.1. The van der Waals surface area contributed by atoms with Crippen molar-refractivity contribution in [3.05, 3.63) is 35.4 Å². The Morgan fingerprint density at radius 2 is 2.00 bits per heavy atom. The molecular weight excluding hydrogens is 266 g/mol. The number of benzene rings is 1. The van der Waals surface area contributed by atoms with E-state index in [-0.39, 0.29) is 43.4 Å². The van der Waals surface area contributed by atoms with Crippen LogP contribution in [-0.4, -0.2) is 24.9 Å². The summed E-state index contributed by atoms with van der Waals surface area (Å²) in [5, 5.41) is 5.37. The van der Waals surface area contributed by atoms with Crippen LogP contribution in [-0.2, 0) is 16.0 Å². The van der Waals surface area contributed by atoms with Crippen LogP contribution in [0.3, 0.4) is 0 Å². The first-order valence-corrected chi connectivity index (χ1v) is 6.04. The summed E-state index contributed by atoms with van der Waals surface area (Å²) in [6, 6.07) is 8.15. The first kappa shape index (κ1) is 15.5. The highest BCUT2D eigenvalue weighted by atomic mass is 35.5. The number of carbonyl (C=O) groups is 2. The first-order chi connectivity index (χ1) is 8.70. The standard InChI is InChI=1S/C13H17N3O2.ClH/c14-7-12(17)15-8-13(18)16-11-6-5-9-3-1-2-4-10(9)11;/h1-4,11H,5-8,14H2,(H,15,17)(H,16,18);1H. The average Bonchev–Trinajstić information content (AvgIpc) is 2.79. The van der Waals surface area contributed by atoms with E-state index >= 15 is 0 Å². The molecule has 6 heteroatoms. The lowest BCUT2D eigenvalue weighted by Crippen LogP contribution is -2.40. The smallest absolute Gasteiger partial charge is 0.239 e. The molecule has 1 aromatic rings. The van der Waals surface area contributed by atoms with Crippen molar-refractivity contribution in [1.82, 2.24) is 10.6 Å². The van der Waals surface area contributed by atoms with Gasteiger partial charge in [-0.3, -0.25) is 9.59 Å². The van der Waals surface area contributed by atoms with Crippen LogP contribution in [0.1, 0.15) is 23.6 Å². The van der Waals surface area contributed by atoms with E-state index < -0.39 is 0 Å². The number of amides is 2. The van der Waals surface area contributed by atoms with Gasteiger partial charge in [-0.25, -0.2) is 0 Å². The minimum atomic E-state index is -0.322. The summed E-state index contributed by atoms with van der Waals surface area (Å²) in [5.41, 5.74) is 7.60. The van der Waals surface area contributed by atoms with E-state index in [1.54, 1.807) is 0 Å². The Morgan fingerprint density at radius 1 is 1.26 bits per heavy atom. The van der Waals surface area contributed by atoms with Crippen molar-refractivity contribution in [2.75, 3.05) is 13.1 Å². The number of nitrogens with one attached hydrogen (secondary N) is 2. The SMILES string of the molecule is Cl.NCC(=O)NCC(=O)NC1CCc2ccccc21. The Labute approximate surface area is 118 Å². The molecule has 0 fully saturated rings. The van der Waals surface area contributed by atoms with E-state index in [0.29, 0.717) is 0 Å². The lowest BCUT2D eigenvalue weighted by molar-refractivity contribution is -0.125. The molecule has 1 aromatic carbocycles. The van der Waals surface area contributed by atoms with E-state index in [9.17, 15) is 9.59 Å². The summed E-state index contributed by atoms with van der Waals surface area (Å²) < 4.78 is 0. The summed E-state index contributed by atoms with van der Waals surface area (Å²) in [6.45, 7) is -0.117. The van der Waals surface area contributed by atoms with Gasteiger partial charge in [0.2, 0.25) is 11.8 Å². The molecule has 2 rings (SSSR count). The third-order valence-electron chi connectivity index (χ3n) is 3.10. The van der Waals surface area contributed by atoms with Gasteiger partial charge in [0.15, 0.2) is 0 Å². The van der Waals surface area contributed by atoms with Gasteiger partial charge in [0.25, 0.3) is 0 Å². The van der Waals surface area contributed by atoms with Crippen LogP contribution in [0.15, 0.2) is 24.3 Å². The number of nitrogens with two attached hydrogens (primary N) is 1. The predicted octanol–water partition coefficient (Wildman–Crippen LogP) is 0.287. The molecular formula is C13H18ClN3O2. The van der Waals surface area contributed by atoms with Gasteiger partial charge in [-0.1, -0.05) is 24.3 Å². The molecule has 19 heavy (non-hydrogen) atoms. The minimum Gasteiger partial charge on any atom is -0.348 e. The molecule has 2 amide bonds. The van der Waals surface area contributed by atoms with Crippen molar-refractivity contribution < 1.29 is 9.59 Å². The Morgan fingerprint density at radius 3 is 2.74 bits per heavy atom. The fourth-order valence-corrected chi connectivity index (χ4v) is 2.20. The summed E-state index contributed by atoms with van der Waals surface area (Å²) in [6.07, 6.45) is 1.90. The maximum Gasteiger partial charge on any atom is 0.239 e. The molecule has 0 aliphatic heterocycles. The third-order valence-corrected chi connectivity index (χ3v) is 3.10. The Kier molecular flexibility index (Phi) is 5.79. The van der Waals surface area contributed by atoms with Crippen molar-refractivity contribution in [3.63, 3.8) is 0 Å². The second kappa shape index (κ2) is 7.11. The van der Waals surface area contributed by atoms with Gasteiger partial charge < -0.3 is 16.4 Å². The van der Waals surface area contributed by atoms with Crippen LogP contribution >= 0.6 is 12.4 Å². The summed E-state index contributed by atoms with van der Waals surface area (Å²) in [4.78, 5) is 22.6. The van der Waals surface area contributed by atoms with E-state index in [4.69, 9.17) is 5.73 Å². The van der Waals surface area contributed by atoms with Crippen molar-refractivity contribution >= 4 is 24.2 Å². The molecule has 0 spiro atoms. The first-order valence-electron chi connectivity index (χ1n) is 6.04. The molecule has 1 atom stereocenters. The van der Waals surface area contributed by atoms with Crippen LogP contribution in [0.25, 0.3) is 0 Å². The molecule has 0 bridgehead atoms. The highest BCUT2D eigenvalue weighted by Gasteiger charge is 2.23. The Hall–Kier alpha value is -1.59. The quantitative estimate of drug-likeness (QED) is 0.742. The van der Waals surface area contributed by atoms with Crippen molar-refractivity contribution in [2.45, 2.75) is 18.9 Å². The van der Waals surface area contributed by atoms with Crippen molar-refractivity contribution in [2.24, 2.45) is 5.73 Å². The number of fused-ring (bicyclic) bond motifs is 1. The Balaban J connectivity index is 0.00000180. The fourth-order valence-electron chi connectivity index (χ4n) is 2.20. The van der Waals surface area contributed by atoms with Crippen LogP contribution in [0.2, 0.25) is 0 Å². The number of rotatable bonds is 4. The topological polar surface area (TPSA) is 84.2 Å². The van der Waals surface area contributed by atoms with Crippen LogP contribution in [0.4, 0.5) is 0 Å². The fraction of sp³-hybridized carbons (Fsp3) is 0.385. The molecule has 1 aliphatic carbocycles. The van der Waals surface area contributed by atoms with E-state index in [2.05, 4.69) is 16.7 Å². The van der Waals surface area contributed by atoms with Gasteiger partial charge in [-0.05, 0) is 24.0 Å². The van der Waals surface area contributed by atoms with Gasteiger partial charge in [-0.2, -0.15) is 0 Å². The lowest BCUT2D eigenvalue weighted by Gasteiger charge is -2.14. The van der Waals surface area contributed by atoms with Crippen LogP contribution in [0, 0.1) is 0 Å². The molecule has 0 radical (unpaired) electrons. The largest absolute Gasteiger partial charge is 0.348 e. The molecule has 104 valence electrons. The molecule has 0 saturated carbocycles. The van der Waals surface area contributed by atoms with Gasteiger partial charge in [0, 0.05) is 0 Å². The van der Waals surface area contributed by atoms with Crippen molar-refractivity contribution in [3.8, 4) is 0 Å². The van der Waals surface area contributed by atoms with Crippen molar-refractivity contribution in [1.29, 1.82) is 0 Å². The van der Waals surface area contributed by atoms with Gasteiger partial charge in [0.05, 0.1) is 19.1 Å². The molecule has 0 aromatic heterocycles. The second-order valence-electron chi connectivity index (χ2n) is 4.34. The maximum atomic E-state index is 11.7. The zero-order chi connectivity index (χ0) is 13.0. The van der Waals surface area contributed by atoms with Gasteiger partial charge in [-0.15, -0.1) is 12.4 Å². The van der Waals surface area contributed by atoms with E-state index in [1.807, 2.05) is 18.2 Å². The number of carbonyl (C=O) groups excluding carboxylic acids is 2. The highest BCUT2D eigenvalue weighted by Crippen LogP contribution is 2.30. The average molecular weight is 284 g/mol. The monoisotopic (exact) mass is 283 g/mol. The normalized spacial score (nSPS) is 16.2. The molecule has 1 unspecified atom stereocenters. The zero-order valence-electron chi connectivity index (χ0n) is 10.5. The number of hydrogen-bond donors (Lipinski definition) is 3. The maximum absolute atomic E-state index is 11.7. The summed E-state index contributed by atoms with van der Waals surface area (Å²) in [7, 11) is 0. The number of aryl methyl sites for hydroxylation is 1. The zero-order valence-corrected chi connectivity index (χ0v) is 11.3. The number of halogens is 1. The predicted molar refractivity (Wildman–Crippen MR) is 75.0 cm³/mol. The third kappa shape index (κ3) is 3.94. The van der Waals surface area contributed by atoms with Gasteiger partial charge >= 0.3 is 0 Å². The second-order valence-corrected chi connectivity index (χ2v) is 4.34. The number of hydrogen-bond acceptors (Lipinski definition) is 3. The summed E-state index contributed by atoms with van der Waals surface area (Å²) in [5.74, 6) is -0.504. The molecule has 0 heterocycles. The van der Waals surface area contributed by atoms with Crippen LogP contribution in [0.5, 0.6) is 0 Å². The highest BCUT2D eigenvalue weighted by molar-refractivity contribution is 5.86. The summed E-state index contributed by atoms with van der Waals surface area (Å²) >= 11 is 0. The van der Waals surface area contributed by atoms with E-state index in [1.165, 1.54) is 11.1 Å². The van der Waals surface area contributed by atoms with Gasteiger partial charge in [0.1, 0.15) is 0 Å². The molecule has 4 N–H and O–H groups in total. The molecule has 1 aliphatic rings. The van der Waals surface area contributed by atoms with Crippen LogP contribution < -0.4 is 16.4 Å².